The Morgan fingerprint density at radius 1 is 1.18 bits per heavy atom. The van der Waals surface area contributed by atoms with Crippen molar-refractivity contribution in [2.45, 2.75) is 51.9 Å². The second-order valence-electron chi connectivity index (χ2n) is 9.66. The third-order valence-corrected chi connectivity index (χ3v) is 6.53. The first-order valence-corrected chi connectivity index (χ1v) is 12.9. The third kappa shape index (κ3) is 8.39. The minimum absolute atomic E-state index is 0.250. The monoisotopic (exact) mass is 518 g/mol. The van der Waals surface area contributed by atoms with Gasteiger partial charge in [-0.3, -0.25) is 9.69 Å². The maximum absolute atomic E-state index is 13.6. The molecule has 6 N–H and O–H groups in total. The number of benzene rings is 2. The Bertz CT molecular complexity index is 1230. The Hall–Kier alpha value is -3.75. The van der Waals surface area contributed by atoms with Crippen molar-refractivity contribution in [2.24, 2.45) is 17.2 Å². The molecule has 1 amide bonds. The number of nitrogens with two attached hydrogens (primary N) is 3. The highest BCUT2D eigenvalue weighted by Gasteiger charge is 2.17. The van der Waals surface area contributed by atoms with E-state index >= 15 is 0 Å². The van der Waals surface area contributed by atoms with E-state index in [1.807, 2.05) is 49.8 Å². The molecule has 202 valence electrons. The number of rotatable bonds is 8. The first-order chi connectivity index (χ1) is 18.3. The Labute approximate surface area is 224 Å². The van der Waals surface area contributed by atoms with Gasteiger partial charge in [-0.05, 0) is 91.9 Å². The minimum atomic E-state index is -0.982. The summed E-state index contributed by atoms with van der Waals surface area (Å²) >= 11 is 0. The molecule has 0 saturated carbocycles. The molecule has 2 atom stereocenters. The number of nitrogens with zero attached hydrogens (tertiary/aromatic N) is 3. The highest BCUT2D eigenvalue weighted by atomic mass is 19.1. The summed E-state index contributed by atoms with van der Waals surface area (Å²) in [6.45, 7) is 6.44. The van der Waals surface area contributed by atoms with Crippen LogP contribution in [-0.2, 0) is 17.8 Å². The summed E-state index contributed by atoms with van der Waals surface area (Å²) in [6, 6.07) is 14.6. The van der Waals surface area contributed by atoms with Gasteiger partial charge < -0.3 is 21.8 Å². The molecule has 2 aromatic carbocycles. The van der Waals surface area contributed by atoms with Crippen molar-refractivity contribution >= 4 is 12.0 Å². The van der Waals surface area contributed by atoms with Crippen molar-refractivity contribution in [3.63, 3.8) is 0 Å². The van der Waals surface area contributed by atoms with Crippen molar-refractivity contribution in [1.29, 1.82) is 0 Å². The van der Waals surface area contributed by atoms with Gasteiger partial charge in [0.05, 0.1) is 12.0 Å². The largest absolute Gasteiger partial charge is 0.405 e. The lowest BCUT2D eigenvalue weighted by Gasteiger charge is -2.30. The van der Waals surface area contributed by atoms with Crippen LogP contribution in [-0.4, -0.2) is 40.0 Å². The summed E-state index contributed by atoms with van der Waals surface area (Å²) in [7, 11) is 0. The van der Waals surface area contributed by atoms with Gasteiger partial charge in [-0.2, -0.15) is 0 Å². The van der Waals surface area contributed by atoms with Crippen LogP contribution >= 0.6 is 0 Å². The summed E-state index contributed by atoms with van der Waals surface area (Å²) in [5.74, 6) is 0. The molecule has 0 bridgehead atoms. The van der Waals surface area contributed by atoms with E-state index in [0.29, 0.717) is 5.56 Å². The van der Waals surface area contributed by atoms with Crippen LogP contribution in [0.15, 0.2) is 73.3 Å². The average Bonchev–Trinajstić information content (AvgIpc) is 3.33. The highest BCUT2D eigenvalue weighted by Crippen LogP contribution is 2.24. The van der Waals surface area contributed by atoms with E-state index in [-0.39, 0.29) is 12.5 Å². The summed E-state index contributed by atoms with van der Waals surface area (Å²) in [5.41, 5.74) is 23.4. The molecule has 8 heteroatoms. The molecular weight excluding hydrogens is 479 g/mol. The molecule has 0 radical (unpaired) electrons. The topological polar surface area (TPSA) is 116 Å². The van der Waals surface area contributed by atoms with Gasteiger partial charge in [0.2, 0.25) is 6.41 Å². The lowest BCUT2D eigenvalue weighted by molar-refractivity contribution is -0.106. The zero-order valence-corrected chi connectivity index (χ0v) is 22.3. The van der Waals surface area contributed by atoms with Crippen LogP contribution < -0.4 is 17.2 Å². The Morgan fingerprint density at radius 2 is 1.89 bits per heavy atom. The summed E-state index contributed by atoms with van der Waals surface area (Å²) in [4.78, 5) is 15.4. The standard InChI is InChI=1S/C29H36FN5.CH3NO/c1-21-17-35(20-33-21)29-15-23(14-24(16-29)18-34-13-3-4-28(32)19-34)5-6-27(11-12-31)26-9-7-25(8-10-26)22(2)30;2-1-3/h6-12,14-17,20,22,28H,3-5,13,18-19,31-32H2,1-2H3;1H,(H2,2,3)/b12-11-,27-6+;. The fourth-order valence-corrected chi connectivity index (χ4v) is 4.71. The number of carbonyl (C=O) groups excluding carboxylic acids is 1. The number of hydrogen-bond donors (Lipinski definition) is 3. The second-order valence-corrected chi connectivity index (χ2v) is 9.66. The van der Waals surface area contributed by atoms with Crippen LogP contribution in [0.5, 0.6) is 0 Å². The molecule has 0 aliphatic carbocycles. The first-order valence-electron chi connectivity index (χ1n) is 12.9. The molecule has 2 unspecified atom stereocenters. The van der Waals surface area contributed by atoms with Crippen molar-refractivity contribution in [3.8, 4) is 5.69 Å². The summed E-state index contributed by atoms with van der Waals surface area (Å²) in [6.07, 6.45) is 11.8. The molecule has 38 heavy (non-hydrogen) atoms. The third-order valence-electron chi connectivity index (χ3n) is 6.53. The van der Waals surface area contributed by atoms with Crippen LogP contribution in [0.2, 0.25) is 0 Å². The number of aryl methyl sites for hydroxylation is 1. The highest BCUT2D eigenvalue weighted by molar-refractivity contribution is 5.74. The van der Waals surface area contributed by atoms with Gasteiger partial charge >= 0.3 is 0 Å². The van der Waals surface area contributed by atoms with Gasteiger partial charge in [-0.25, -0.2) is 9.37 Å². The summed E-state index contributed by atoms with van der Waals surface area (Å²) < 4.78 is 15.7. The Morgan fingerprint density at radius 3 is 2.50 bits per heavy atom. The lowest BCUT2D eigenvalue weighted by atomic mass is 9.99. The fraction of sp³-hybridized carbons (Fsp3) is 0.333. The van der Waals surface area contributed by atoms with E-state index in [4.69, 9.17) is 16.3 Å². The maximum Gasteiger partial charge on any atom is 0.204 e. The van der Waals surface area contributed by atoms with E-state index in [0.717, 1.165) is 61.4 Å². The van der Waals surface area contributed by atoms with Gasteiger partial charge in [-0.15, -0.1) is 0 Å². The number of amides is 1. The molecule has 7 nitrogen and oxygen atoms in total. The number of allylic oxidation sites excluding steroid dienone is 3. The van der Waals surface area contributed by atoms with E-state index in [9.17, 15) is 4.39 Å². The molecule has 0 spiro atoms. The fourth-order valence-electron chi connectivity index (χ4n) is 4.71. The normalized spacial score (nSPS) is 17.2. The Kier molecular flexibility index (Phi) is 10.8. The van der Waals surface area contributed by atoms with Gasteiger partial charge in [0.15, 0.2) is 0 Å². The van der Waals surface area contributed by atoms with E-state index in [2.05, 4.69) is 44.5 Å². The number of primary amides is 1. The molecule has 1 aliphatic rings. The molecule has 1 aromatic heterocycles. The van der Waals surface area contributed by atoms with E-state index in [1.54, 1.807) is 13.1 Å². The molecule has 1 fully saturated rings. The minimum Gasteiger partial charge on any atom is -0.405 e. The number of likely N-dealkylation sites (tertiary alicyclic amines) is 1. The zero-order chi connectivity index (χ0) is 27.5. The maximum atomic E-state index is 13.6. The van der Waals surface area contributed by atoms with E-state index in [1.165, 1.54) is 11.1 Å². The van der Waals surface area contributed by atoms with Crippen LogP contribution in [0.25, 0.3) is 11.3 Å². The van der Waals surface area contributed by atoms with Crippen molar-refractivity contribution in [1.82, 2.24) is 14.5 Å². The van der Waals surface area contributed by atoms with Gasteiger partial charge in [-0.1, -0.05) is 36.4 Å². The van der Waals surface area contributed by atoms with Crippen LogP contribution in [0.1, 0.15) is 53.9 Å². The number of halogens is 1. The number of imidazole rings is 1. The van der Waals surface area contributed by atoms with Crippen LogP contribution in [0, 0.1) is 6.92 Å². The Balaban J connectivity index is 0.00000127. The first kappa shape index (κ1) is 28.8. The summed E-state index contributed by atoms with van der Waals surface area (Å²) in [5, 5.41) is 0. The van der Waals surface area contributed by atoms with Gasteiger partial charge in [0.25, 0.3) is 0 Å². The number of piperidine rings is 1. The average molecular weight is 519 g/mol. The molecule has 2 heterocycles. The van der Waals surface area contributed by atoms with Crippen LogP contribution in [0.3, 0.4) is 0 Å². The second kappa shape index (κ2) is 14.3. The van der Waals surface area contributed by atoms with E-state index < -0.39 is 6.17 Å². The number of aromatic nitrogens is 2. The van der Waals surface area contributed by atoms with Gasteiger partial charge in [0, 0.05) is 31.0 Å². The number of alkyl halides is 1. The zero-order valence-electron chi connectivity index (χ0n) is 22.3. The molecule has 1 saturated heterocycles. The lowest BCUT2D eigenvalue weighted by Crippen LogP contribution is -2.42. The predicted octanol–water partition coefficient (Wildman–Crippen LogP) is 4.33. The molecule has 1 aliphatic heterocycles. The van der Waals surface area contributed by atoms with Crippen molar-refractivity contribution < 1.29 is 9.18 Å². The van der Waals surface area contributed by atoms with Crippen molar-refractivity contribution in [2.75, 3.05) is 13.1 Å². The quantitative estimate of drug-likeness (QED) is 0.303. The molecule has 4 rings (SSSR count). The smallest absolute Gasteiger partial charge is 0.204 e. The van der Waals surface area contributed by atoms with Gasteiger partial charge in [0.1, 0.15) is 6.17 Å². The number of hydrogen-bond acceptors (Lipinski definition) is 5. The number of carbonyl (C=O) groups is 1. The predicted molar refractivity (Wildman–Crippen MR) is 152 cm³/mol. The van der Waals surface area contributed by atoms with Crippen LogP contribution in [0.4, 0.5) is 4.39 Å². The molecule has 3 aromatic rings. The SMILES string of the molecule is Cc1cn(-c2cc(C/C=C(\C=C/N)c3ccc(C(C)F)cc3)cc(CN3CCCC(N)C3)c2)cn1.NC=O. The van der Waals surface area contributed by atoms with Crippen molar-refractivity contribution in [3.05, 3.63) is 101 Å². The molecular formula is C30H39FN6O.